The highest BCUT2D eigenvalue weighted by atomic mass is 19.4. The number of rotatable bonds is 1. The Morgan fingerprint density at radius 3 is 2.68 bits per heavy atom. The van der Waals surface area contributed by atoms with E-state index in [4.69, 9.17) is 0 Å². The predicted molar refractivity (Wildman–Crippen MR) is 54.6 cm³/mol. The van der Waals surface area contributed by atoms with E-state index in [1.54, 1.807) is 10.8 Å². The van der Waals surface area contributed by atoms with E-state index in [-0.39, 0.29) is 6.54 Å². The molecule has 19 heavy (non-hydrogen) atoms. The van der Waals surface area contributed by atoms with Gasteiger partial charge in [0.2, 0.25) is 0 Å². The van der Waals surface area contributed by atoms with Crippen LogP contribution in [0.15, 0.2) is 24.8 Å². The van der Waals surface area contributed by atoms with Crippen LogP contribution in [0.3, 0.4) is 0 Å². The second-order valence-electron chi connectivity index (χ2n) is 3.92. The van der Waals surface area contributed by atoms with Crippen LogP contribution in [0, 0.1) is 0 Å². The van der Waals surface area contributed by atoms with Crippen molar-refractivity contribution in [1.29, 1.82) is 0 Å². The molecule has 1 atom stereocenters. The molecule has 2 aromatic heterocycles. The number of hydrogen-bond acceptors (Lipinski definition) is 4. The van der Waals surface area contributed by atoms with Crippen LogP contribution in [0.5, 0.6) is 0 Å². The van der Waals surface area contributed by atoms with Crippen molar-refractivity contribution in [2.24, 2.45) is 0 Å². The lowest BCUT2D eigenvalue weighted by Gasteiger charge is -2.26. The van der Waals surface area contributed by atoms with Crippen LogP contribution in [0.25, 0.3) is 11.6 Å². The number of ether oxygens (including phenoxy) is 1. The Hall–Kier alpha value is -2.32. The van der Waals surface area contributed by atoms with Crippen molar-refractivity contribution < 1.29 is 22.7 Å². The molecular weight excluding hydrogens is 265 g/mol. The van der Waals surface area contributed by atoms with Gasteiger partial charge >= 0.3 is 12.1 Å². The predicted octanol–water partition coefficient (Wildman–Crippen LogP) is 1.36. The van der Waals surface area contributed by atoms with E-state index in [1.165, 1.54) is 23.2 Å². The van der Waals surface area contributed by atoms with Crippen molar-refractivity contribution in [3.05, 3.63) is 24.8 Å². The van der Waals surface area contributed by atoms with Gasteiger partial charge in [0, 0.05) is 24.8 Å². The third kappa shape index (κ3) is 1.86. The van der Waals surface area contributed by atoms with Crippen LogP contribution in [-0.2, 0) is 16.1 Å². The van der Waals surface area contributed by atoms with E-state index in [9.17, 15) is 18.0 Å². The molecule has 0 saturated carbocycles. The van der Waals surface area contributed by atoms with Gasteiger partial charge in [-0.3, -0.25) is 4.57 Å². The summed E-state index contributed by atoms with van der Waals surface area (Å²) in [6.45, 7) is 0.0561. The first-order valence-corrected chi connectivity index (χ1v) is 5.29. The summed E-state index contributed by atoms with van der Waals surface area (Å²) in [5, 5.41) is 0. The Bertz CT molecular complexity index is 631. The Morgan fingerprint density at radius 2 is 1.95 bits per heavy atom. The van der Waals surface area contributed by atoms with Gasteiger partial charge in [-0.2, -0.15) is 13.2 Å². The van der Waals surface area contributed by atoms with E-state index in [2.05, 4.69) is 14.7 Å². The van der Waals surface area contributed by atoms with Crippen LogP contribution in [0.1, 0.15) is 6.23 Å². The number of carbonyl (C=O) groups excluding carboxylic acids is 1. The number of carbonyl (C=O) groups is 1. The van der Waals surface area contributed by atoms with Gasteiger partial charge in [-0.15, -0.1) is 0 Å². The maximum Gasteiger partial charge on any atom is 0.491 e. The highest BCUT2D eigenvalue weighted by Crippen LogP contribution is 2.30. The zero-order chi connectivity index (χ0) is 13.6. The molecule has 3 rings (SSSR count). The van der Waals surface area contributed by atoms with Crippen LogP contribution < -0.4 is 0 Å². The van der Waals surface area contributed by atoms with E-state index >= 15 is 0 Å². The van der Waals surface area contributed by atoms with Crippen molar-refractivity contribution in [2.45, 2.75) is 18.9 Å². The minimum Gasteiger partial charge on any atom is -0.433 e. The number of hydrogen-bond donors (Lipinski definition) is 0. The molecule has 0 bridgehead atoms. The van der Waals surface area contributed by atoms with Crippen LogP contribution in [0.2, 0.25) is 0 Å². The fraction of sp³-hybridized carbons (Fsp3) is 0.300. The lowest BCUT2D eigenvalue weighted by molar-refractivity contribution is -0.210. The second kappa shape index (κ2) is 3.84. The third-order valence-electron chi connectivity index (χ3n) is 2.72. The molecule has 0 radical (unpaired) electrons. The van der Waals surface area contributed by atoms with Gasteiger partial charge in [-0.1, -0.05) is 0 Å². The van der Waals surface area contributed by atoms with Crippen LogP contribution in [-0.4, -0.2) is 31.2 Å². The van der Waals surface area contributed by atoms with Crippen molar-refractivity contribution in [3.63, 3.8) is 0 Å². The summed E-state index contributed by atoms with van der Waals surface area (Å²) in [6.07, 6.45) is -0.163. The van der Waals surface area contributed by atoms with Gasteiger partial charge in [0.05, 0.1) is 6.54 Å². The maximum atomic E-state index is 12.2. The molecule has 6 nitrogen and oxygen atoms in total. The average Bonchev–Trinajstić information content (AvgIpc) is 2.94. The number of alkyl halides is 3. The molecule has 0 aromatic carbocycles. The molecule has 1 aliphatic heterocycles. The van der Waals surface area contributed by atoms with E-state index < -0.39 is 18.4 Å². The van der Waals surface area contributed by atoms with Crippen molar-refractivity contribution in [3.8, 4) is 11.6 Å². The lowest BCUT2D eigenvalue weighted by atomic mass is 10.4. The summed E-state index contributed by atoms with van der Waals surface area (Å²) >= 11 is 0. The molecule has 0 saturated heterocycles. The van der Waals surface area contributed by atoms with Crippen molar-refractivity contribution in [2.75, 3.05) is 0 Å². The zero-order valence-electron chi connectivity index (χ0n) is 9.33. The molecule has 0 fully saturated rings. The number of imidazole rings is 2. The van der Waals surface area contributed by atoms with E-state index in [0.717, 1.165) is 0 Å². The van der Waals surface area contributed by atoms with Gasteiger partial charge in [-0.05, 0) is 0 Å². The largest absolute Gasteiger partial charge is 0.491 e. The number of esters is 1. The molecule has 0 amide bonds. The van der Waals surface area contributed by atoms with Crippen molar-refractivity contribution >= 4 is 5.97 Å². The minimum atomic E-state index is -5.02. The van der Waals surface area contributed by atoms with Gasteiger partial charge in [0.15, 0.2) is 17.9 Å². The summed E-state index contributed by atoms with van der Waals surface area (Å²) in [7, 11) is 0. The number of fused-ring (bicyclic) bond motifs is 3. The van der Waals surface area contributed by atoms with Crippen LogP contribution in [0.4, 0.5) is 13.2 Å². The van der Waals surface area contributed by atoms with Gasteiger partial charge in [0.1, 0.15) is 0 Å². The molecule has 0 spiro atoms. The zero-order valence-corrected chi connectivity index (χ0v) is 9.33. The Morgan fingerprint density at radius 1 is 1.26 bits per heavy atom. The Labute approximate surface area is 104 Å². The highest BCUT2D eigenvalue weighted by Gasteiger charge is 2.43. The second-order valence-corrected chi connectivity index (χ2v) is 3.92. The molecule has 2 aromatic rings. The van der Waals surface area contributed by atoms with Gasteiger partial charge in [-0.25, -0.2) is 14.8 Å². The number of aromatic nitrogens is 4. The molecule has 1 aliphatic rings. The lowest BCUT2D eigenvalue weighted by Crippen LogP contribution is -2.32. The van der Waals surface area contributed by atoms with E-state index in [1.807, 2.05) is 0 Å². The van der Waals surface area contributed by atoms with Crippen LogP contribution >= 0.6 is 0 Å². The molecule has 1 unspecified atom stereocenters. The first-order valence-electron chi connectivity index (χ1n) is 5.29. The monoisotopic (exact) mass is 272 g/mol. The molecular formula is C10H7F3N4O2. The summed E-state index contributed by atoms with van der Waals surface area (Å²) < 4.78 is 44.1. The maximum absolute atomic E-state index is 12.2. The van der Waals surface area contributed by atoms with E-state index in [0.29, 0.717) is 11.6 Å². The Balaban J connectivity index is 1.93. The smallest absolute Gasteiger partial charge is 0.433 e. The molecule has 3 heterocycles. The molecule has 0 aliphatic carbocycles. The topological polar surface area (TPSA) is 61.9 Å². The molecule has 9 heteroatoms. The Kier molecular flexibility index (Phi) is 2.37. The number of halogens is 3. The van der Waals surface area contributed by atoms with Crippen molar-refractivity contribution in [1.82, 2.24) is 19.1 Å². The summed E-state index contributed by atoms with van der Waals surface area (Å²) in [5.74, 6) is -1.35. The SMILES string of the molecule is O=C(OC1Cn2ccnc2-c2nccn21)C(F)(F)F. The average molecular weight is 272 g/mol. The fourth-order valence-electron chi connectivity index (χ4n) is 1.92. The summed E-state index contributed by atoms with van der Waals surface area (Å²) in [5.41, 5.74) is 0. The van der Waals surface area contributed by atoms with Gasteiger partial charge in [0.25, 0.3) is 0 Å². The fourth-order valence-corrected chi connectivity index (χ4v) is 1.92. The summed E-state index contributed by atoms with van der Waals surface area (Å²) in [4.78, 5) is 19.0. The minimum absolute atomic E-state index is 0.0561. The highest BCUT2D eigenvalue weighted by molar-refractivity contribution is 5.75. The first-order chi connectivity index (χ1) is 8.97. The van der Waals surface area contributed by atoms with Gasteiger partial charge < -0.3 is 9.30 Å². The first kappa shape index (κ1) is 11.8. The quantitative estimate of drug-likeness (QED) is 0.735. The molecule has 100 valence electrons. The summed E-state index contributed by atoms with van der Waals surface area (Å²) in [6, 6.07) is 0. The third-order valence-corrected chi connectivity index (χ3v) is 2.72. The standard InChI is InChI=1S/C10H7F3N4O2/c11-10(12,13)9(18)19-6-5-16-3-1-14-7(16)8-15-2-4-17(6)8/h1-4,6H,5H2. The molecule has 0 N–H and O–H groups in total. The number of nitrogens with zero attached hydrogens (tertiary/aromatic N) is 4. The normalized spacial score (nSPS) is 17.7.